The van der Waals surface area contributed by atoms with Gasteiger partial charge in [0.05, 0.1) is 16.6 Å². The van der Waals surface area contributed by atoms with Crippen LogP contribution in [0.5, 0.6) is 0 Å². The van der Waals surface area contributed by atoms with E-state index in [1.54, 1.807) is 6.07 Å². The van der Waals surface area contributed by atoms with Crippen molar-refractivity contribution in [1.29, 1.82) is 5.26 Å². The Bertz CT molecular complexity index is 968. The van der Waals surface area contributed by atoms with Gasteiger partial charge >= 0.3 is 0 Å². The highest BCUT2D eigenvalue weighted by atomic mass is 19.1. The second kappa shape index (κ2) is 7.05. The van der Waals surface area contributed by atoms with Crippen LogP contribution in [-0.2, 0) is 0 Å². The molecule has 8 heteroatoms. The molecule has 0 radical (unpaired) electrons. The molecular formula is C17H12F3N5. The minimum Gasteiger partial charge on any atom is -0.382 e. The van der Waals surface area contributed by atoms with E-state index in [1.807, 2.05) is 6.07 Å². The molecule has 0 aliphatic heterocycles. The number of fused-ring (bicyclic) bond motifs is 1. The molecule has 0 saturated carbocycles. The first-order valence-electron chi connectivity index (χ1n) is 7.37. The summed E-state index contributed by atoms with van der Waals surface area (Å²) < 4.78 is 41.0. The Morgan fingerprint density at radius 3 is 2.52 bits per heavy atom. The van der Waals surface area contributed by atoms with Gasteiger partial charge < -0.3 is 10.6 Å². The van der Waals surface area contributed by atoms with Gasteiger partial charge in [0.2, 0.25) is 5.95 Å². The van der Waals surface area contributed by atoms with Crippen LogP contribution in [0.25, 0.3) is 10.9 Å². The number of nitriles is 1. The molecule has 3 aromatic rings. The van der Waals surface area contributed by atoms with Gasteiger partial charge in [-0.3, -0.25) is 4.98 Å². The fourth-order valence-corrected chi connectivity index (χ4v) is 2.39. The van der Waals surface area contributed by atoms with Gasteiger partial charge in [-0.25, -0.2) is 13.8 Å². The van der Waals surface area contributed by atoms with Gasteiger partial charge in [0.15, 0.2) is 0 Å². The molecule has 0 fully saturated rings. The van der Waals surface area contributed by atoms with Crippen LogP contribution >= 0.6 is 0 Å². The molecule has 3 rings (SSSR count). The number of aromatic nitrogens is 2. The van der Waals surface area contributed by atoms with E-state index in [0.717, 1.165) is 12.1 Å². The van der Waals surface area contributed by atoms with E-state index < -0.39 is 17.6 Å². The second-order valence-corrected chi connectivity index (χ2v) is 5.11. The molecule has 0 aliphatic rings. The Morgan fingerprint density at radius 2 is 1.76 bits per heavy atom. The molecule has 2 heterocycles. The van der Waals surface area contributed by atoms with Crippen LogP contribution in [-0.4, -0.2) is 23.1 Å². The van der Waals surface area contributed by atoms with Gasteiger partial charge in [-0.05, 0) is 24.3 Å². The van der Waals surface area contributed by atoms with Crippen molar-refractivity contribution in [2.75, 3.05) is 23.7 Å². The van der Waals surface area contributed by atoms with Crippen LogP contribution < -0.4 is 10.6 Å². The van der Waals surface area contributed by atoms with Crippen LogP contribution in [0.15, 0.2) is 36.5 Å². The lowest BCUT2D eigenvalue weighted by Crippen LogP contribution is -2.15. The average Bonchev–Trinajstić information content (AvgIpc) is 2.61. The lowest BCUT2D eigenvalue weighted by atomic mass is 10.1. The molecule has 0 unspecified atom stereocenters. The minimum atomic E-state index is -0.678. The van der Waals surface area contributed by atoms with Crippen molar-refractivity contribution in [2.45, 2.75) is 0 Å². The Balaban J connectivity index is 1.81. The third-order valence-electron chi connectivity index (χ3n) is 3.49. The van der Waals surface area contributed by atoms with Gasteiger partial charge in [0, 0.05) is 19.3 Å². The summed E-state index contributed by atoms with van der Waals surface area (Å²) in [4.78, 5) is 7.46. The van der Waals surface area contributed by atoms with E-state index in [-0.39, 0.29) is 28.7 Å². The van der Waals surface area contributed by atoms with E-state index in [2.05, 4.69) is 20.6 Å². The van der Waals surface area contributed by atoms with Gasteiger partial charge in [-0.1, -0.05) is 6.07 Å². The summed E-state index contributed by atoms with van der Waals surface area (Å²) in [6.45, 7) is 0.587. The predicted octanol–water partition coefficient (Wildman–Crippen LogP) is 3.44. The van der Waals surface area contributed by atoms with E-state index in [1.165, 1.54) is 18.3 Å². The summed E-state index contributed by atoms with van der Waals surface area (Å²) in [7, 11) is 0. The van der Waals surface area contributed by atoms with E-state index >= 15 is 0 Å². The van der Waals surface area contributed by atoms with Gasteiger partial charge in [0.25, 0.3) is 0 Å². The molecule has 126 valence electrons. The van der Waals surface area contributed by atoms with Crippen molar-refractivity contribution in [3.63, 3.8) is 0 Å². The zero-order valence-corrected chi connectivity index (χ0v) is 12.9. The SMILES string of the molecule is N#Cc1cnc2c(F)ccc(F)c2c1NCCNc1cccc(F)n1. The summed E-state index contributed by atoms with van der Waals surface area (Å²) >= 11 is 0. The van der Waals surface area contributed by atoms with E-state index in [4.69, 9.17) is 0 Å². The molecule has 0 saturated heterocycles. The fraction of sp³-hybridized carbons (Fsp3) is 0.118. The molecule has 2 N–H and O–H groups in total. The Kier molecular flexibility index (Phi) is 4.66. The normalized spacial score (nSPS) is 10.5. The smallest absolute Gasteiger partial charge is 0.214 e. The quantitative estimate of drug-likeness (QED) is 0.548. The third kappa shape index (κ3) is 3.45. The summed E-state index contributed by atoms with van der Waals surface area (Å²) in [5.74, 6) is -1.62. The van der Waals surface area contributed by atoms with Crippen molar-refractivity contribution >= 4 is 22.4 Å². The first-order valence-corrected chi connectivity index (χ1v) is 7.37. The number of hydrogen-bond donors (Lipinski definition) is 2. The Morgan fingerprint density at radius 1 is 1.00 bits per heavy atom. The molecule has 0 amide bonds. The van der Waals surface area contributed by atoms with Crippen molar-refractivity contribution in [3.05, 3.63) is 59.7 Å². The number of nitrogens with zero attached hydrogens (tertiary/aromatic N) is 3. The van der Waals surface area contributed by atoms with Crippen LogP contribution in [0, 0.1) is 28.9 Å². The number of hydrogen-bond acceptors (Lipinski definition) is 5. The van der Waals surface area contributed by atoms with Crippen LogP contribution in [0.4, 0.5) is 24.7 Å². The zero-order valence-electron chi connectivity index (χ0n) is 12.9. The number of nitrogens with one attached hydrogen (secondary N) is 2. The lowest BCUT2D eigenvalue weighted by Gasteiger charge is -2.13. The molecule has 0 bridgehead atoms. The van der Waals surface area contributed by atoms with Crippen molar-refractivity contribution in [3.8, 4) is 6.07 Å². The first-order chi connectivity index (χ1) is 12.1. The van der Waals surface area contributed by atoms with E-state index in [0.29, 0.717) is 12.4 Å². The molecule has 0 spiro atoms. The molecular weight excluding hydrogens is 331 g/mol. The summed E-state index contributed by atoms with van der Waals surface area (Å²) in [5, 5.41) is 14.9. The largest absolute Gasteiger partial charge is 0.382 e. The van der Waals surface area contributed by atoms with Crippen LogP contribution in [0.3, 0.4) is 0 Å². The highest BCUT2D eigenvalue weighted by Gasteiger charge is 2.15. The average molecular weight is 343 g/mol. The molecule has 0 aliphatic carbocycles. The standard InChI is InChI=1S/C17H12F3N5/c18-11-4-5-12(19)17-15(11)16(10(8-21)9-24-17)23-7-6-22-14-3-1-2-13(20)25-14/h1-5,9H,6-7H2,(H,22,25)(H,23,24). The first kappa shape index (κ1) is 16.5. The summed E-state index contributed by atoms with van der Waals surface area (Å²) in [6.07, 6.45) is 1.19. The second-order valence-electron chi connectivity index (χ2n) is 5.11. The highest BCUT2D eigenvalue weighted by molar-refractivity contribution is 5.94. The van der Waals surface area contributed by atoms with Crippen molar-refractivity contribution < 1.29 is 13.2 Å². The highest BCUT2D eigenvalue weighted by Crippen LogP contribution is 2.29. The predicted molar refractivity (Wildman–Crippen MR) is 87.5 cm³/mol. The molecule has 2 aromatic heterocycles. The van der Waals surface area contributed by atoms with Crippen molar-refractivity contribution in [1.82, 2.24) is 9.97 Å². The molecule has 25 heavy (non-hydrogen) atoms. The maximum absolute atomic E-state index is 14.1. The van der Waals surface area contributed by atoms with Crippen LogP contribution in [0.2, 0.25) is 0 Å². The Hall–Kier alpha value is -3.34. The van der Waals surface area contributed by atoms with Crippen molar-refractivity contribution in [2.24, 2.45) is 0 Å². The van der Waals surface area contributed by atoms with Gasteiger partial charge in [-0.2, -0.15) is 9.65 Å². The van der Waals surface area contributed by atoms with Crippen LogP contribution in [0.1, 0.15) is 5.56 Å². The maximum atomic E-state index is 14.1. The summed E-state index contributed by atoms with van der Waals surface area (Å²) in [6, 6.07) is 8.21. The van der Waals surface area contributed by atoms with Gasteiger partial charge in [-0.15, -0.1) is 0 Å². The molecule has 0 atom stereocenters. The number of benzene rings is 1. The topological polar surface area (TPSA) is 73.6 Å². The zero-order chi connectivity index (χ0) is 17.8. The monoisotopic (exact) mass is 343 g/mol. The lowest BCUT2D eigenvalue weighted by molar-refractivity contribution is 0.585. The molecule has 1 aromatic carbocycles. The number of pyridine rings is 2. The number of anilines is 2. The number of halogens is 3. The fourth-order valence-electron chi connectivity index (χ4n) is 2.39. The van der Waals surface area contributed by atoms with E-state index in [9.17, 15) is 18.4 Å². The summed E-state index contributed by atoms with van der Waals surface area (Å²) in [5.41, 5.74) is 0.112. The third-order valence-corrected chi connectivity index (χ3v) is 3.49. The minimum absolute atomic E-state index is 0.0806. The Labute approximate surface area is 141 Å². The van der Waals surface area contributed by atoms with Gasteiger partial charge in [0.1, 0.15) is 29.0 Å². The number of rotatable bonds is 5. The maximum Gasteiger partial charge on any atom is 0.214 e. The molecule has 5 nitrogen and oxygen atoms in total.